The molecular weight excluding hydrogens is 191 g/mol. The van der Waals surface area contributed by atoms with Crippen LogP contribution in [0.25, 0.3) is 0 Å². The minimum absolute atomic E-state index is 0. The number of hydrogen-bond acceptors (Lipinski definition) is 1. The van der Waals surface area contributed by atoms with Crippen LogP contribution >= 0.6 is 7.60 Å². The van der Waals surface area contributed by atoms with Crippen molar-refractivity contribution in [3.05, 3.63) is 0 Å². The molecule has 0 aliphatic heterocycles. The zero-order valence-corrected chi connectivity index (χ0v) is 9.26. The lowest BCUT2D eigenvalue weighted by Gasteiger charge is -2.15. The van der Waals surface area contributed by atoms with Crippen LogP contribution in [-0.2, 0) is 4.57 Å². The highest BCUT2D eigenvalue weighted by Gasteiger charge is 2.25. The fourth-order valence-electron chi connectivity index (χ4n) is 1.24. The Balaban J connectivity index is 0. The molecule has 0 spiro atoms. The van der Waals surface area contributed by atoms with E-state index in [0.717, 1.165) is 19.3 Å². The van der Waals surface area contributed by atoms with E-state index in [0.29, 0.717) is 12.8 Å². The van der Waals surface area contributed by atoms with Crippen molar-refractivity contribution in [2.24, 2.45) is 0 Å². The van der Waals surface area contributed by atoms with Gasteiger partial charge in [0.1, 0.15) is 0 Å². The number of hydrogen-bond donors (Lipinski definition) is 2. The van der Waals surface area contributed by atoms with Gasteiger partial charge in [-0.3, -0.25) is 4.57 Å². The van der Waals surface area contributed by atoms with Gasteiger partial charge in [0.05, 0.1) is 5.66 Å². The van der Waals surface area contributed by atoms with Crippen LogP contribution in [0, 0.1) is 0 Å². The third-order valence-corrected chi connectivity index (χ3v) is 3.66. The van der Waals surface area contributed by atoms with Gasteiger partial charge in [-0.05, 0) is 12.8 Å². The average molecular weight is 212 g/mol. The van der Waals surface area contributed by atoms with Crippen molar-refractivity contribution >= 4 is 7.60 Å². The Morgan fingerprint density at radius 1 is 1.23 bits per heavy atom. The summed E-state index contributed by atoms with van der Waals surface area (Å²) in [5.41, 5.74) is -0.413. The van der Waals surface area contributed by atoms with E-state index in [1.165, 1.54) is 0 Å². The fourth-order valence-corrected chi connectivity index (χ4v) is 2.23. The summed E-state index contributed by atoms with van der Waals surface area (Å²) in [5, 5.41) is 0. The maximum Gasteiger partial charge on any atom is 0.328 e. The largest absolute Gasteiger partial charge is 0.412 e. The number of rotatable bonds is 6. The van der Waals surface area contributed by atoms with E-state index in [9.17, 15) is 4.57 Å². The van der Waals surface area contributed by atoms with Crippen LogP contribution in [0.3, 0.4) is 0 Å². The summed E-state index contributed by atoms with van der Waals surface area (Å²) in [7, 11) is -3.82. The Kier molecular flexibility index (Phi) is 9.00. The van der Waals surface area contributed by atoms with Gasteiger partial charge in [-0.2, -0.15) is 0 Å². The molecule has 0 aromatic carbocycles. The maximum atomic E-state index is 10.9. The van der Waals surface area contributed by atoms with Crippen molar-refractivity contribution in [2.45, 2.75) is 51.6 Å². The minimum Gasteiger partial charge on any atom is -0.412 e. The summed E-state index contributed by atoms with van der Waals surface area (Å²) in [6.07, 6.45) is 4.33. The average Bonchev–Trinajstić information content (AvgIpc) is 1.95. The lowest BCUT2D eigenvalue weighted by molar-refractivity contribution is 0.350. The summed E-state index contributed by atoms with van der Waals surface area (Å²) < 4.78 is 10.9. The first kappa shape index (κ1) is 15.6. The van der Waals surface area contributed by atoms with Gasteiger partial charge >= 0.3 is 7.60 Å². The van der Waals surface area contributed by atoms with Gasteiger partial charge in [-0.15, -0.1) is 0 Å². The van der Waals surface area contributed by atoms with Crippen molar-refractivity contribution in [3.63, 3.8) is 0 Å². The van der Waals surface area contributed by atoms with E-state index in [4.69, 9.17) is 9.79 Å². The van der Waals surface area contributed by atoms with Gasteiger partial charge in [-0.1, -0.05) is 33.1 Å². The van der Waals surface area contributed by atoms with Crippen LogP contribution in [0.15, 0.2) is 0 Å². The van der Waals surface area contributed by atoms with Crippen molar-refractivity contribution in [2.75, 3.05) is 0 Å². The molecule has 4 nitrogen and oxygen atoms in total. The molecule has 0 aliphatic carbocycles. The van der Waals surface area contributed by atoms with Gasteiger partial charge in [0.25, 0.3) is 0 Å². The quantitative estimate of drug-likeness (QED) is 0.518. The maximum absolute atomic E-state index is 10.9. The molecule has 0 rings (SSSR count). The van der Waals surface area contributed by atoms with Crippen LogP contribution in [0.2, 0.25) is 0 Å². The van der Waals surface area contributed by atoms with Crippen LogP contribution in [0.4, 0.5) is 0 Å². The van der Waals surface area contributed by atoms with E-state index < -0.39 is 13.3 Å². The summed E-state index contributed by atoms with van der Waals surface area (Å²) in [6, 6.07) is 0. The summed E-state index contributed by atoms with van der Waals surface area (Å²) in [5.74, 6) is 0. The van der Waals surface area contributed by atoms with E-state index in [2.05, 4.69) is 6.92 Å². The molecular formula is C8H21O4P. The molecule has 0 bridgehead atoms. The molecule has 0 amide bonds. The van der Waals surface area contributed by atoms with Gasteiger partial charge < -0.3 is 15.3 Å². The van der Waals surface area contributed by atoms with Crippen LogP contribution in [-0.4, -0.2) is 20.9 Å². The molecule has 0 heterocycles. The van der Waals surface area contributed by atoms with E-state index in [-0.39, 0.29) is 5.48 Å². The molecule has 0 saturated carbocycles. The topological polar surface area (TPSA) is 89.0 Å². The van der Waals surface area contributed by atoms with Crippen molar-refractivity contribution < 1.29 is 19.8 Å². The highest BCUT2D eigenvalue weighted by molar-refractivity contribution is 7.52. The summed E-state index contributed by atoms with van der Waals surface area (Å²) in [6.45, 7) is 3.91. The first-order valence-corrected chi connectivity index (χ1v) is 6.25. The second-order valence-electron chi connectivity index (χ2n) is 3.15. The standard InChI is InChI=1S/C8H19O3P.H2O/c1-3-5-6-7-8(4-2)12(9,10)11;/h8H,3-7H2,1-2H3,(H2,9,10,11);1H2. The zero-order valence-electron chi connectivity index (χ0n) is 8.36. The lowest BCUT2D eigenvalue weighted by Crippen LogP contribution is -2.06. The Morgan fingerprint density at radius 3 is 2.08 bits per heavy atom. The first-order valence-electron chi connectivity index (χ1n) is 4.57. The summed E-state index contributed by atoms with van der Waals surface area (Å²) >= 11 is 0. The molecule has 0 fully saturated rings. The highest BCUT2D eigenvalue weighted by Crippen LogP contribution is 2.45. The van der Waals surface area contributed by atoms with E-state index in [1.807, 2.05) is 6.92 Å². The first-order chi connectivity index (χ1) is 5.52. The molecule has 13 heavy (non-hydrogen) atoms. The highest BCUT2D eigenvalue weighted by atomic mass is 31.2. The van der Waals surface area contributed by atoms with E-state index >= 15 is 0 Å². The Bertz CT molecular complexity index is 154. The van der Waals surface area contributed by atoms with E-state index in [1.54, 1.807) is 0 Å². The Labute approximate surface area is 79.8 Å². The predicted molar refractivity (Wildman–Crippen MR) is 53.9 cm³/mol. The molecule has 82 valence electrons. The molecule has 0 aromatic heterocycles. The minimum atomic E-state index is -3.82. The second kappa shape index (κ2) is 7.51. The zero-order chi connectivity index (χ0) is 9.61. The smallest absolute Gasteiger partial charge is 0.328 e. The summed E-state index contributed by atoms with van der Waals surface area (Å²) in [4.78, 5) is 17.8. The third-order valence-electron chi connectivity index (χ3n) is 2.09. The van der Waals surface area contributed by atoms with Crippen LogP contribution < -0.4 is 0 Å². The third kappa shape index (κ3) is 7.20. The molecule has 0 aliphatic rings. The SMILES string of the molecule is CCCCCC(CC)P(=O)(O)O.O. The predicted octanol–water partition coefficient (Wildman–Crippen LogP) is 1.70. The van der Waals surface area contributed by atoms with Crippen molar-refractivity contribution in [1.29, 1.82) is 0 Å². The fraction of sp³-hybridized carbons (Fsp3) is 1.00. The number of unbranched alkanes of at least 4 members (excludes halogenated alkanes) is 2. The van der Waals surface area contributed by atoms with Gasteiger partial charge in [-0.25, -0.2) is 0 Å². The Morgan fingerprint density at radius 2 is 1.77 bits per heavy atom. The Hall–Kier alpha value is 0.110. The van der Waals surface area contributed by atoms with Crippen LogP contribution in [0.1, 0.15) is 46.0 Å². The molecule has 0 radical (unpaired) electrons. The lowest BCUT2D eigenvalue weighted by atomic mass is 10.1. The van der Waals surface area contributed by atoms with Crippen molar-refractivity contribution in [3.8, 4) is 0 Å². The monoisotopic (exact) mass is 212 g/mol. The molecule has 4 N–H and O–H groups in total. The second-order valence-corrected chi connectivity index (χ2v) is 5.06. The van der Waals surface area contributed by atoms with Crippen molar-refractivity contribution in [1.82, 2.24) is 0 Å². The normalized spacial score (nSPS) is 13.5. The molecule has 5 heteroatoms. The molecule has 1 atom stereocenters. The van der Waals surface area contributed by atoms with Gasteiger partial charge in [0, 0.05) is 0 Å². The van der Waals surface area contributed by atoms with Gasteiger partial charge in [0.15, 0.2) is 0 Å². The molecule has 1 unspecified atom stereocenters. The van der Waals surface area contributed by atoms with Crippen LogP contribution in [0.5, 0.6) is 0 Å². The molecule has 0 aromatic rings. The molecule has 0 saturated heterocycles. The van der Waals surface area contributed by atoms with Gasteiger partial charge in [0.2, 0.25) is 0 Å².